The Balaban J connectivity index is 1.83. The summed E-state index contributed by atoms with van der Waals surface area (Å²) < 4.78 is 195. The highest BCUT2D eigenvalue weighted by atomic mass is 32.3. The fraction of sp³-hybridized carbons (Fsp3) is 0.806. The van der Waals surface area contributed by atoms with Crippen molar-refractivity contribution in [2.75, 3.05) is 19.8 Å². The SMILES string of the molecule is C=CCO[C@@H]1OC(COS(=O)(=O)O)[C@H](OS(=O)(=O)O)[C@H](O[C@@H]2OC(C(=O)O)[C@H](O[C@@H]3OC(COS(=O)(=O)O)C(OS(=O)(=O)O)C(O[C@@H]4OC(C(=O)O)[C@H](O)[C@H](O)C4O)C3NC(C)=O)[C@H](O)C2O)C1NC(C)=O. The number of aliphatic hydroxyl groups is 5. The van der Waals surface area contributed by atoms with Crippen molar-refractivity contribution >= 4 is 65.3 Å². The third-order valence-corrected chi connectivity index (χ3v) is 11.9. The predicted octanol–water partition coefficient (Wildman–Crippen LogP) is -8.76. The van der Waals surface area contributed by atoms with Crippen molar-refractivity contribution in [3.63, 3.8) is 0 Å². The molecule has 4 fully saturated rings. The number of ether oxygens (including phenoxy) is 8. The molecule has 4 aliphatic heterocycles. The van der Waals surface area contributed by atoms with E-state index in [1.165, 1.54) is 0 Å². The largest absolute Gasteiger partial charge is 0.479 e. The van der Waals surface area contributed by atoms with Gasteiger partial charge in [0.1, 0.15) is 85.3 Å². The number of hydrogen-bond donors (Lipinski definition) is 13. The molecule has 2 amide bonds. The highest BCUT2D eigenvalue weighted by molar-refractivity contribution is 7.81. The minimum absolute atomic E-state index is 0.479. The number of rotatable bonds is 23. The molecule has 4 aliphatic rings. The van der Waals surface area contributed by atoms with E-state index in [2.05, 4.69) is 28.6 Å². The highest BCUT2D eigenvalue weighted by Crippen LogP contribution is 2.37. The standard InChI is InChI=1S/C31H48N2O35S4/c1-4-5-57-28-12(32-8(2)34)21(19(67-71(51,52)53)10(60-28)6-58-69(45,46)47)62-31-18(40)16(38)23(25(66-31)27(43)44)64-29-13(33-9(3)35)22(63-30-17(39)14(36)15(37)24(65-30)26(41)42)20(68-72(54,55)56)11(61-29)7-59-70(48,49)50/h4,10-25,28-31,36-40H,1,5-7H2,2-3H3,(H,32,34)(H,33,35)(H,41,42)(H,43,44)(H,45,46,47)(H,48,49,50)(H,51,52,53)(H,54,55,56)/t10?,11?,12?,13?,14-,15+,16+,17?,18?,19-,20?,21+,22?,23+,24?,25?,28+,29-,30+,31+/m0/s1. The van der Waals surface area contributed by atoms with Crippen LogP contribution < -0.4 is 10.6 Å². The van der Waals surface area contributed by atoms with E-state index in [4.69, 9.17) is 37.9 Å². The fourth-order valence-corrected chi connectivity index (χ4v) is 8.99. The molecular formula is C31H48N2O35S4. The summed E-state index contributed by atoms with van der Waals surface area (Å²) in [5, 5.41) is 78.7. The number of carbonyl (C=O) groups excluding carboxylic acids is 2. The molecule has 0 aromatic heterocycles. The summed E-state index contributed by atoms with van der Waals surface area (Å²) in [5.41, 5.74) is 0. The van der Waals surface area contributed by atoms with Crippen LogP contribution in [0.3, 0.4) is 0 Å². The van der Waals surface area contributed by atoms with Crippen molar-refractivity contribution < 1.29 is 161 Å². The Kier molecular flexibility index (Phi) is 20.8. The van der Waals surface area contributed by atoms with Gasteiger partial charge in [-0.1, -0.05) is 6.08 Å². The summed E-state index contributed by atoms with van der Waals surface area (Å²) in [4.78, 5) is 49.9. The van der Waals surface area contributed by atoms with Crippen LogP contribution in [0.15, 0.2) is 12.7 Å². The second kappa shape index (κ2) is 24.5. The zero-order valence-corrected chi connectivity index (χ0v) is 39.6. The zero-order chi connectivity index (χ0) is 54.6. The van der Waals surface area contributed by atoms with Gasteiger partial charge in [-0.3, -0.25) is 27.8 Å². The molecule has 0 saturated carbocycles. The molecule has 4 rings (SSSR count). The van der Waals surface area contributed by atoms with Crippen LogP contribution in [0.25, 0.3) is 0 Å². The topological polar surface area (TPSA) is 562 Å². The molecule has 20 atom stereocenters. The number of hydrogen-bond acceptors (Lipinski definition) is 29. The van der Waals surface area contributed by atoms with Gasteiger partial charge in [0.2, 0.25) is 11.8 Å². The number of aliphatic carboxylic acids is 2. The van der Waals surface area contributed by atoms with E-state index in [0.29, 0.717) is 0 Å². The Hall–Kier alpha value is -3.42. The monoisotopic (exact) mass is 1140 g/mol. The first-order valence-electron chi connectivity index (χ1n) is 19.8. The molecule has 41 heteroatoms. The lowest BCUT2D eigenvalue weighted by Crippen LogP contribution is -2.71. The van der Waals surface area contributed by atoms with Crippen LogP contribution in [-0.4, -0.2) is 254 Å². The second-order valence-corrected chi connectivity index (χ2v) is 19.6. The lowest BCUT2D eigenvalue weighted by atomic mass is 9.94. The van der Waals surface area contributed by atoms with Crippen LogP contribution in [0.2, 0.25) is 0 Å². The van der Waals surface area contributed by atoms with Crippen molar-refractivity contribution in [1.29, 1.82) is 0 Å². The minimum Gasteiger partial charge on any atom is -0.479 e. The van der Waals surface area contributed by atoms with Gasteiger partial charge >= 0.3 is 53.5 Å². The number of aliphatic hydroxyl groups excluding tert-OH is 5. The van der Waals surface area contributed by atoms with E-state index in [1.54, 1.807) is 0 Å². The van der Waals surface area contributed by atoms with Crippen LogP contribution in [0.5, 0.6) is 0 Å². The summed E-state index contributed by atoms with van der Waals surface area (Å²) in [6.45, 7) is 1.47. The van der Waals surface area contributed by atoms with E-state index < -0.39 is 208 Å². The molecule has 0 spiro atoms. The summed E-state index contributed by atoms with van der Waals surface area (Å²) in [7, 11) is -22.5. The van der Waals surface area contributed by atoms with Crippen molar-refractivity contribution in [2.24, 2.45) is 0 Å². The summed E-state index contributed by atoms with van der Waals surface area (Å²) in [6.07, 6.45) is -44.1. The third kappa shape index (κ3) is 16.8. The van der Waals surface area contributed by atoms with Crippen molar-refractivity contribution in [3.8, 4) is 0 Å². The first-order valence-corrected chi connectivity index (χ1v) is 25.2. The highest BCUT2D eigenvalue weighted by Gasteiger charge is 2.59. The number of carbonyl (C=O) groups is 4. The smallest absolute Gasteiger partial charge is 0.397 e. The Morgan fingerprint density at radius 2 is 0.903 bits per heavy atom. The quantitative estimate of drug-likeness (QED) is 0.0334. The Bertz CT molecular complexity index is 2390. The average Bonchev–Trinajstić information content (AvgIpc) is 3.22. The van der Waals surface area contributed by atoms with Gasteiger partial charge in [0.25, 0.3) is 0 Å². The molecule has 4 saturated heterocycles. The van der Waals surface area contributed by atoms with Gasteiger partial charge in [0.15, 0.2) is 37.4 Å². The molecule has 4 heterocycles. The van der Waals surface area contributed by atoms with Gasteiger partial charge in [0, 0.05) is 13.8 Å². The van der Waals surface area contributed by atoms with Crippen LogP contribution in [-0.2, 0) is 115 Å². The average molecular weight is 1140 g/mol. The van der Waals surface area contributed by atoms with Crippen LogP contribution in [0, 0.1) is 0 Å². The van der Waals surface area contributed by atoms with Gasteiger partial charge in [-0.2, -0.15) is 33.7 Å². The van der Waals surface area contributed by atoms with Gasteiger partial charge in [-0.15, -0.1) is 6.58 Å². The van der Waals surface area contributed by atoms with E-state index >= 15 is 0 Å². The van der Waals surface area contributed by atoms with Gasteiger partial charge in [0.05, 0.1) is 19.8 Å². The van der Waals surface area contributed by atoms with Crippen molar-refractivity contribution in [3.05, 3.63) is 12.7 Å². The Morgan fingerprint density at radius 1 is 0.514 bits per heavy atom. The van der Waals surface area contributed by atoms with Crippen molar-refractivity contribution in [2.45, 2.75) is 137 Å². The minimum atomic E-state index is -5.84. The molecule has 13 N–H and O–H groups in total. The molecule has 0 aromatic carbocycles. The van der Waals surface area contributed by atoms with E-state index in [9.17, 15) is 107 Å². The third-order valence-electron chi connectivity index (χ3n) is 10.1. The first kappa shape index (κ1) is 61.1. The Labute approximate surface area is 405 Å². The molecule has 37 nitrogen and oxygen atoms in total. The van der Waals surface area contributed by atoms with Crippen LogP contribution in [0.1, 0.15) is 13.8 Å². The second-order valence-electron chi connectivity index (χ2n) is 15.3. The lowest BCUT2D eigenvalue weighted by molar-refractivity contribution is -0.367. The predicted molar refractivity (Wildman–Crippen MR) is 214 cm³/mol. The maximum absolute atomic E-state index is 12.9. The van der Waals surface area contributed by atoms with Gasteiger partial charge in [-0.05, 0) is 0 Å². The fourth-order valence-electron chi connectivity index (χ4n) is 7.34. The van der Waals surface area contributed by atoms with Crippen LogP contribution >= 0.6 is 0 Å². The zero-order valence-electron chi connectivity index (χ0n) is 36.3. The normalized spacial score (nSPS) is 38.0. The van der Waals surface area contributed by atoms with Crippen LogP contribution in [0.4, 0.5) is 0 Å². The molecule has 0 radical (unpaired) electrons. The maximum Gasteiger partial charge on any atom is 0.397 e. The molecule has 10 unspecified atom stereocenters. The van der Waals surface area contributed by atoms with Gasteiger partial charge < -0.3 is 84.3 Å². The van der Waals surface area contributed by atoms with E-state index in [0.717, 1.165) is 19.9 Å². The summed E-state index contributed by atoms with van der Waals surface area (Å²) in [6, 6.07) is -4.30. The van der Waals surface area contributed by atoms with E-state index in [1.807, 2.05) is 5.32 Å². The molecular weight excluding hydrogens is 1090 g/mol. The molecule has 416 valence electrons. The number of carboxylic acid groups (broad SMARTS) is 2. The lowest BCUT2D eigenvalue weighted by Gasteiger charge is -2.50. The molecule has 0 aliphatic carbocycles. The van der Waals surface area contributed by atoms with Gasteiger partial charge in [-0.25, -0.2) is 26.3 Å². The number of amides is 2. The van der Waals surface area contributed by atoms with E-state index in [-0.39, 0.29) is 0 Å². The molecule has 0 bridgehead atoms. The summed E-state index contributed by atoms with van der Waals surface area (Å²) >= 11 is 0. The summed E-state index contributed by atoms with van der Waals surface area (Å²) in [5.74, 6) is -6.41. The first-order chi connectivity index (χ1) is 33.0. The molecule has 0 aromatic rings. The van der Waals surface area contributed by atoms with Crippen molar-refractivity contribution in [1.82, 2.24) is 10.6 Å². The Morgan fingerprint density at radius 3 is 1.29 bits per heavy atom. The number of carboxylic acids is 2. The maximum atomic E-state index is 12.9. The molecule has 72 heavy (non-hydrogen) atoms. The number of nitrogens with one attached hydrogen (secondary N) is 2.